The molecule has 0 N–H and O–H groups in total. The quantitative estimate of drug-likeness (QED) is 0.643. The van der Waals surface area contributed by atoms with Gasteiger partial charge in [-0.25, -0.2) is 4.39 Å². The molecule has 0 amide bonds. The van der Waals surface area contributed by atoms with Crippen LogP contribution in [0.15, 0.2) is 83.5 Å². The Morgan fingerprint density at radius 2 is 1.76 bits per heavy atom. The summed E-state index contributed by atoms with van der Waals surface area (Å²) in [5, 5.41) is 16.2. The summed E-state index contributed by atoms with van der Waals surface area (Å²) < 4.78 is 19.9. The van der Waals surface area contributed by atoms with E-state index < -0.39 is 0 Å². The van der Waals surface area contributed by atoms with Gasteiger partial charge in [-0.1, -0.05) is 42.5 Å². The van der Waals surface area contributed by atoms with E-state index in [1.807, 2.05) is 53.5 Å². The number of hydrogen-bond donors (Lipinski definition) is 0. The van der Waals surface area contributed by atoms with Gasteiger partial charge >= 0.3 is 0 Å². The SMILES string of the molecule is N#Cc1ccccc1N1CC(c2ccccc2)=C2COc3ccc(F)cc3C2=N1. The number of fused-ring (bicyclic) bond motifs is 3. The molecular formula is C24H16FN3O. The molecule has 0 unspecified atom stereocenters. The second-order valence-corrected chi connectivity index (χ2v) is 6.89. The minimum absolute atomic E-state index is 0.341. The molecule has 0 spiro atoms. The van der Waals surface area contributed by atoms with Crippen molar-refractivity contribution in [2.45, 2.75) is 0 Å². The normalized spacial score (nSPS) is 15.0. The summed E-state index contributed by atoms with van der Waals surface area (Å²) >= 11 is 0. The van der Waals surface area contributed by atoms with Crippen LogP contribution in [0.2, 0.25) is 0 Å². The summed E-state index contributed by atoms with van der Waals surface area (Å²) in [6.07, 6.45) is 0. The van der Waals surface area contributed by atoms with Crippen molar-refractivity contribution in [3.05, 3.63) is 101 Å². The Labute approximate surface area is 167 Å². The van der Waals surface area contributed by atoms with Gasteiger partial charge in [0.15, 0.2) is 0 Å². The molecule has 0 atom stereocenters. The lowest BCUT2D eigenvalue weighted by molar-refractivity contribution is 0.350. The van der Waals surface area contributed by atoms with Crippen molar-refractivity contribution in [3.63, 3.8) is 0 Å². The number of ether oxygens (including phenoxy) is 1. The van der Waals surface area contributed by atoms with Gasteiger partial charge in [-0.2, -0.15) is 10.4 Å². The summed E-state index contributed by atoms with van der Waals surface area (Å²) in [5.41, 5.74) is 5.62. The maximum absolute atomic E-state index is 14.0. The molecule has 3 aromatic carbocycles. The fourth-order valence-electron chi connectivity index (χ4n) is 3.78. The van der Waals surface area contributed by atoms with Crippen LogP contribution >= 0.6 is 0 Å². The van der Waals surface area contributed by atoms with Crippen molar-refractivity contribution in [1.29, 1.82) is 5.26 Å². The van der Waals surface area contributed by atoms with E-state index in [0.29, 0.717) is 35.7 Å². The van der Waals surface area contributed by atoms with E-state index in [4.69, 9.17) is 9.84 Å². The average Bonchev–Trinajstić information content (AvgIpc) is 2.78. The predicted octanol–water partition coefficient (Wildman–Crippen LogP) is 4.77. The fraction of sp³-hybridized carbons (Fsp3) is 0.0833. The zero-order valence-electron chi connectivity index (χ0n) is 15.5. The molecule has 0 radical (unpaired) electrons. The first-order valence-corrected chi connectivity index (χ1v) is 9.30. The molecule has 2 aliphatic heterocycles. The number of para-hydroxylation sites is 1. The average molecular weight is 381 g/mol. The third-order valence-electron chi connectivity index (χ3n) is 5.17. The van der Waals surface area contributed by atoms with Crippen LogP contribution in [0, 0.1) is 17.1 Å². The van der Waals surface area contributed by atoms with Crippen molar-refractivity contribution in [1.82, 2.24) is 0 Å². The van der Waals surface area contributed by atoms with E-state index in [1.165, 1.54) is 12.1 Å². The van der Waals surface area contributed by atoms with E-state index in [1.54, 1.807) is 12.1 Å². The van der Waals surface area contributed by atoms with E-state index >= 15 is 0 Å². The van der Waals surface area contributed by atoms with Crippen molar-refractivity contribution >= 4 is 17.0 Å². The van der Waals surface area contributed by atoms with E-state index in [-0.39, 0.29) is 5.82 Å². The highest BCUT2D eigenvalue weighted by Crippen LogP contribution is 2.37. The van der Waals surface area contributed by atoms with Crippen LogP contribution in [0.3, 0.4) is 0 Å². The predicted molar refractivity (Wildman–Crippen MR) is 110 cm³/mol. The maximum atomic E-state index is 14.0. The minimum atomic E-state index is -0.341. The van der Waals surface area contributed by atoms with Crippen molar-refractivity contribution in [2.75, 3.05) is 18.2 Å². The van der Waals surface area contributed by atoms with Gasteiger partial charge in [0.2, 0.25) is 0 Å². The molecule has 5 rings (SSSR count). The molecule has 0 fully saturated rings. The Morgan fingerprint density at radius 1 is 0.966 bits per heavy atom. The molecule has 0 aliphatic carbocycles. The first-order valence-electron chi connectivity index (χ1n) is 9.30. The lowest BCUT2D eigenvalue weighted by atomic mass is 9.90. The molecule has 2 aliphatic rings. The first kappa shape index (κ1) is 17.2. The van der Waals surface area contributed by atoms with Crippen LogP contribution in [0.25, 0.3) is 5.57 Å². The van der Waals surface area contributed by atoms with Crippen LogP contribution in [-0.2, 0) is 0 Å². The zero-order chi connectivity index (χ0) is 19.8. The Bertz CT molecular complexity index is 1210. The summed E-state index contributed by atoms with van der Waals surface area (Å²) in [6, 6.07) is 24.1. The second-order valence-electron chi connectivity index (χ2n) is 6.89. The summed E-state index contributed by atoms with van der Waals surface area (Å²) in [7, 11) is 0. The summed E-state index contributed by atoms with van der Waals surface area (Å²) in [5.74, 6) is 0.267. The lowest BCUT2D eigenvalue weighted by Gasteiger charge is -2.33. The van der Waals surface area contributed by atoms with Gasteiger partial charge in [-0.15, -0.1) is 0 Å². The highest BCUT2D eigenvalue weighted by atomic mass is 19.1. The van der Waals surface area contributed by atoms with Gasteiger partial charge < -0.3 is 4.74 Å². The summed E-state index contributed by atoms with van der Waals surface area (Å²) in [6.45, 7) is 0.866. The first-order chi connectivity index (χ1) is 14.2. The smallest absolute Gasteiger partial charge is 0.129 e. The number of hydrogen-bond acceptors (Lipinski definition) is 4. The number of nitriles is 1. The van der Waals surface area contributed by atoms with Gasteiger partial charge in [-0.05, 0) is 41.5 Å². The highest BCUT2D eigenvalue weighted by Gasteiger charge is 2.31. The third-order valence-corrected chi connectivity index (χ3v) is 5.17. The summed E-state index contributed by atoms with van der Waals surface area (Å²) in [4.78, 5) is 0. The molecule has 5 heteroatoms. The third kappa shape index (κ3) is 2.95. The number of anilines is 1. The topological polar surface area (TPSA) is 48.6 Å². The zero-order valence-corrected chi connectivity index (χ0v) is 15.5. The van der Waals surface area contributed by atoms with Crippen LogP contribution < -0.4 is 9.75 Å². The fourth-order valence-corrected chi connectivity index (χ4v) is 3.78. The number of halogens is 1. The van der Waals surface area contributed by atoms with Gasteiger partial charge in [0, 0.05) is 11.1 Å². The molecule has 140 valence electrons. The van der Waals surface area contributed by atoms with Crippen LogP contribution in [-0.4, -0.2) is 18.9 Å². The molecule has 29 heavy (non-hydrogen) atoms. The largest absolute Gasteiger partial charge is 0.488 e. The molecule has 0 saturated heterocycles. The van der Waals surface area contributed by atoms with E-state index in [9.17, 15) is 9.65 Å². The number of benzene rings is 3. The standard InChI is InChI=1S/C24H16FN3O/c25-18-10-11-23-19(12-18)24-21(15-29-23)20(16-6-2-1-3-7-16)14-28(27-24)22-9-5-4-8-17(22)13-26/h1-12H,14-15H2. The van der Waals surface area contributed by atoms with Crippen LogP contribution in [0.5, 0.6) is 5.75 Å². The van der Waals surface area contributed by atoms with Crippen molar-refractivity contribution in [2.24, 2.45) is 5.10 Å². The van der Waals surface area contributed by atoms with Gasteiger partial charge in [0.1, 0.15) is 30.0 Å². The molecule has 2 heterocycles. The monoisotopic (exact) mass is 381 g/mol. The Morgan fingerprint density at radius 3 is 2.59 bits per heavy atom. The van der Waals surface area contributed by atoms with Gasteiger partial charge in [-0.3, -0.25) is 5.01 Å². The lowest BCUT2D eigenvalue weighted by Crippen LogP contribution is -2.33. The highest BCUT2D eigenvalue weighted by molar-refractivity contribution is 6.20. The molecular weight excluding hydrogens is 365 g/mol. The number of hydrazone groups is 1. The Balaban J connectivity index is 1.73. The van der Waals surface area contributed by atoms with Crippen molar-refractivity contribution in [3.8, 4) is 11.8 Å². The van der Waals surface area contributed by atoms with Crippen molar-refractivity contribution < 1.29 is 9.13 Å². The molecule has 0 bridgehead atoms. The molecule has 0 saturated carbocycles. The van der Waals surface area contributed by atoms with Crippen LogP contribution in [0.4, 0.5) is 10.1 Å². The number of rotatable bonds is 2. The van der Waals surface area contributed by atoms with E-state index in [0.717, 1.165) is 22.4 Å². The second kappa shape index (κ2) is 6.92. The minimum Gasteiger partial charge on any atom is -0.488 e. The number of nitrogens with zero attached hydrogens (tertiary/aromatic N) is 3. The van der Waals surface area contributed by atoms with E-state index in [2.05, 4.69) is 6.07 Å². The Hall–Kier alpha value is -3.91. The Kier molecular flexibility index (Phi) is 4.10. The van der Waals surface area contributed by atoms with Gasteiger partial charge in [0.05, 0.1) is 17.8 Å². The molecule has 4 nitrogen and oxygen atoms in total. The van der Waals surface area contributed by atoms with Crippen LogP contribution in [0.1, 0.15) is 16.7 Å². The molecule has 3 aromatic rings. The van der Waals surface area contributed by atoms with Gasteiger partial charge in [0.25, 0.3) is 0 Å². The maximum Gasteiger partial charge on any atom is 0.129 e. The molecule has 0 aromatic heterocycles.